The summed E-state index contributed by atoms with van der Waals surface area (Å²) in [6.45, 7) is 6.98. The smallest absolute Gasteiger partial charge is 0.0751 e. The summed E-state index contributed by atoms with van der Waals surface area (Å²) in [4.78, 5) is 0. The van der Waals surface area contributed by atoms with Crippen molar-refractivity contribution >= 4 is 11.6 Å². The number of benzene rings is 1. The molecule has 2 atom stereocenters. The van der Waals surface area contributed by atoms with Crippen LogP contribution in [0, 0.1) is 5.92 Å². The van der Waals surface area contributed by atoms with E-state index >= 15 is 0 Å². The molecule has 0 saturated carbocycles. The summed E-state index contributed by atoms with van der Waals surface area (Å²) in [5.41, 5.74) is 7.38. The molecule has 2 N–H and O–H groups in total. The summed E-state index contributed by atoms with van der Waals surface area (Å²) in [7, 11) is 0. The van der Waals surface area contributed by atoms with Crippen molar-refractivity contribution in [3.05, 3.63) is 34.9 Å². The van der Waals surface area contributed by atoms with Gasteiger partial charge >= 0.3 is 0 Å². The number of hydrogen-bond donors (Lipinski definition) is 1. The second-order valence-electron chi connectivity index (χ2n) is 4.66. The van der Waals surface area contributed by atoms with Crippen LogP contribution < -0.4 is 5.73 Å². The monoisotopic (exact) mass is 255 g/mol. The average molecular weight is 256 g/mol. The van der Waals surface area contributed by atoms with Gasteiger partial charge in [-0.05, 0) is 37.0 Å². The Morgan fingerprint density at radius 2 is 2.06 bits per heavy atom. The van der Waals surface area contributed by atoms with Gasteiger partial charge in [0.05, 0.1) is 6.10 Å². The second-order valence-corrected chi connectivity index (χ2v) is 5.10. The molecule has 0 radical (unpaired) electrons. The van der Waals surface area contributed by atoms with Crippen molar-refractivity contribution in [2.24, 2.45) is 11.7 Å². The highest BCUT2D eigenvalue weighted by Crippen LogP contribution is 2.16. The molecule has 0 heterocycles. The zero-order valence-corrected chi connectivity index (χ0v) is 11.6. The molecule has 0 amide bonds. The maximum absolute atomic E-state index is 6.22. The van der Waals surface area contributed by atoms with Gasteiger partial charge in [0.15, 0.2) is 0 Å². The van der Waals surface area contributed by atoms with E-state index in [2.05, 4.69) is 19.9 Å². The SMILES string of the molecule is CCOC(C(C)C)C(N)Cc1cccc(Cl)c1. The fourth-order valence-electron chi connectivity index (χ4n) is 2.06. The molecule has 0 aromatic heterocycles. The lowest BCUT2D eigenvalue weighted by atomic mass is 9.94. The highest BCUT2D eigenvalue weighted by atomic mass is 35.5. The fourth-order valence-corrected chi connectivity index (χ4v) is 2.27. The van der Waals surface area contributed by atoms with Gasteiger partial charge in [-0.1, -0.05) is 37.6 Å². The molecule has 2 unspecified atom stereocenters. The Hall–Kier alpha value is -0.570. The molecule has 0 aliphatic carbocycles. The summed E-state index contributed by atoms with van der Waals surface area (Å²) in [6, 6.07) is 7.85. The minimum atomic E-state index is 0.00779. The lowest BCUT2D eigenvalue weighted by Gasteiger charge is -2.27. The normalized spacial score (nSPS) is 14.9. The maximum atomic E-state index is 6.22. The van der Waals surface area contributed by atoms with Crippen molar-refractivity contribution in [2.45, 2.75) is 39.3 Å². The molecular formula is C14H22ClNO. The van der Waals surface area contributed by atoms with Gasteiger partial charge in [0.2, 0.25) is 0 Å². The molecule has 0 aliphatic rings. The quantitative estimate of drug-likeness (QED) is 0.847. The van der Waals surface area contributed by atoms with E-state index in [4.69, 9.17) is 22.1 Å². The number of rotatable bonds is 6. The largest absolute Gasteiger partial charge is 0.377 e. The predicted octanol–water partition coefficient (Wildman–Crippen LogP) is 3.27. The Bertz CT molecular complexity index is 341. The van der Waals surface area contributed by atoms with Crippen LogP contribution in [0.15, 0.2) is 24.3 Å². The summed E-state index contributed by atoms with van der Waals surface area (Å²) in [6.07, 6.45) is 0.891. The van der Waals surface area contributed by atoms with Crippen LogP contribution in [0.1, 0.15) is 26.3 Å². The summed E-state index contributed by atoms with van der Waals surface area (Å²) in [5.74, 6) is 0.420. The van der Waals surface area contributed by atoms with Gasteiger partial charge in [-0.25, -0.2) is 0 Å². The average Bonchev–Trinajstić information content (AvgIpc) is 2.25. The van der Waals surface area contributed by atoms with E-state index in [9.17, 15) is 0 Å². The van der Waals surface area contributed by atoms with Crippen molar-refractivity contribution in [3.8, 4) is 0 Å². The third-order valence-electron chi connectivity index (χ3n) is 2.80. The van der Waals surface area contributed by atoms with Crippen LogP contribution in [-0.2, 0) is 11.2 Å². The molecule has 17 heavy (non-hydrogen) atoms. The molecule has 2 nitrogen and oxygen atoms in total. The molecule has 1 aromatic rings. The van der Waals surface area contributed by atoms with Crippen LogP contribution >= 0.6 is 11.6 Å². The maximum Gasteiger partial charge on any atom is 0.0751 e. The van der Waals surface area contributed by atoms with Gasteiger partial charge in [-0.3, -0.25) is 0 Å². The summed E-state index contributed by atoms with van der Waals surface area (Å²) >= 11 is 5.96. The molecule has 0 fully saturated rings. The number of halogens is 1. The Kier molecular flexibility index (Phi) is 5.96. The Morgan fingerprint density at radius 3 is 2.59 bits per heavy atom. The van der Waals surface area contributed by atoms with Crippen LogP contribution in [0.2, 0.25) is 5.02 Å². The van der Waals surface area contributed by atoms with Crippen LogP contribution in [0.25, 0.3) is 0 Å². The van der Waals surface area contributed by atoms with E-state index < -0.39 is 0 Å². The first kappa shape index (κ1) is 14.5. The topological polar surface area (TPSA) is 35.2 Å². The molecule has 3 heteroatoms. The van der Waals surface area contributed by atoms with Crippen molar-refractivity contribution in [3.63, 3.8) is 0 Å². The van der Waals surface area contributed by atoms with E-state index in [1.165, 1.54) is 0 Å². The molecule has 0 spiro atoms. The number of ether oxygens (including phenoxy) is 1. The second kappa shape index (κ2) is 7.00. The van der Waals surface area contributed by atoms with Crippen molar-refractivity contribution in [1.29, 1.82) is 0 Å². The number of hydrogen-bond acceptors (Lipinski definition) is 2. The van der Waals surface area contributed by atoms with Gasteiger partial charge in [0, 0.05) is 17.7 Å². The molecule has 96 valence electrons. The van der Waals surface area contributed by atoms with E-state index in [0.29, 0.717) is 12.5 Å². The minimum Gasteiger partial charge on any atom is -0.377 e. The Morgan fingerprint density at radius 1 is 1.35 bits per heavy atom. The summed E-state index contributed by atoms with van der Waals surface area (Å²) in [5, 5.41) is 0.757. The van der Waals surface area contributed by atoms with E-state index in [0.717, 1.165) is 17.0 Å². The number of nitrogens with two attached hydrogens (primary N) is 1. The molecular weight excluding hydrogens is 234 g/mol. The van der Waals surface area contributed by atoms with E-state index in [1.807, 2.05) is 25.1 Å². The van der Waals surface area contributed by atoms with Crippen LogP contribution in [0.3, 0.4) is 0 Å². The molecule has 0 bridgehead atoms. The fraction of sp³-hybridized carbons (Fsp3) is 0.571. The van der Waals surface area contributed by atoms with Gasteiger partial charge in [-0.15, -0.1) is 0 Å². The first-order valence-corrected chi connectivity index (χ1v) is 6.54. The first-order chi connectivity index (χ1) is 8.04. The zero-order valence-electron chi connectivity index (χ0n) is 10.8. The van der Waals surface area contributed by atoms with Crippen molar-refractivity contribution < 1.29 is 4.74 Å². The Labute approximate surface area is 109 Å². The Balaban J connectivity index is 2.66. The third-order valence-corrected chi connectivity index (χ3v) is 3.03. The predicted molar refractivity (Wildman–Crippen MR) is 73.4 cm³/mol. The summed E-state index contributed by atoms with van der Waals surface area (Å²) < 4.78 is 5.71. The van der Waals surface area contributed by atoms with Gasteiger partial charge in [-0.2, -0.15) is 0 Å². The van der Waals surface area contributed by atoms with E-state index in [-0.39, 0.29) is 12.1 Å². The third kappa shape index (κ3) is 4.66. The highest BCUT2D eigenvalue weighted by molar-refractivity contribution is 6.30. The van der Waals surface area contributed by atoms with Gasteiger partial charge in [0.25, 0.3) is 0 Å². The highest BCUT2D eigenvalue weighted by Gasteiger charge is 2.21. The molecule has 1 rings (SSSR count). The minimum absolute atomic E-state index is 0.00779. The van der Waals surface area contributed by atoms with Gasteiger partial charge < -0.3 is 10.5 Å². The molecule has 0 saturated heterocycles. The van der Waals surface area contributed by atoms with E-state index in [1.54, 1.807) is 0 Å². The van der Waals surface area contributed by atoms with Gasteiger partial charge in [0.1, 0.15) is 0 Å². The van der Waals surface area contributed by atoms with Crippen LogP contribution in [0.5, 0.6) is 0 Å². The lowest BCUT2D eigenvalue weighted by Crippen LogP contribution is -2.42. The lowest BCUT2D eigenvalue weighted by molar-refractivity contribution is 0.0128. The standard InChI is InChI=1S/C14H22ClNO/c1-4-17-14(10(2)3)13(16)9-11-6-5-7-12(15)8-11/h5-8,10,13-14H,4,9,16H2,1-3H3. The van der Waals surface area contributed by atoms with Crippen molar-refractivity contribution in [1.82, 2.24) is 0 Å². The molecule has 0 aliphatic heterocycles. The zero-order chi connectivity index (χ0) is 12.8. The van der Waals surface area contributed by atoms with Crippen molar-refractivity contribution in [2.75, 3.05) is 6.61 Å². The van der Waals surface area contributed by atoms with Crippen LogP contribution in [-0.4, -0.2) is 18.8 Å². The van der Waals surface area contributed by atoms with Crippen LogP contribution in [0.4, 0.5) is 0 Å². The first-order valence-electron chi connectivity index (χ1n) is 6.16. The molecule has 1 aromatic carbocycles.